The number of nitrogen functional groups attached to an aromatic ring is 1. The quantitative estimate of drug-likeness (QED) is 0.409. The summed E-state index contributed by atoms with van der Waals surface area (Å²) in [5.41, 5.74) is 8.85. The van der Waals surface area contributed by atoms with E-state index in [1.54, 1.807) is 0 Å². The van der Waals surface area contributed by atoms with Crippen LogP contribution in [-0.2, 0) is 4.79 Å². The summed E-state index contributed by atoms with van der Waals surface area (Å²) in [7, 11) is 0. The summed E-state index contributed by atoms with van der Waals surface area (Å²) in [6, 6.07) is 13.3. The number of carbonyl (C=O) groups is 1. The first-order valence-electron chi connectivity index (χ1n) is 5.56. The largest absolute Gasteiger partial charge is 0.399 e. The number of hydrogen-bond donors (Lipinski definition) is 2. The Morgan fingerprint density at radius 3 is 2.50 bits per heavy atom. The number of amides is 1. The smallest absolute Gasteiger partial charge is 0.211 e. The van der Waals surface area contributed by atoms with Gasteiger partial charge in [-0.1, -0.05) is 12.1 Å². The van der Waals surface area contributed by atoms with Gasteiger partial charge in [-0.2, -0.15) is 0 Å². The number of nitrogens with zero attached hydrogens (tertiary/aromatic N) is 1. The first-order valence-corrected chi connectivity index (χ1v) is 5.56. The minimum absolute atomic E-state index is 0.653. The molecule has 88 valence electrons. The Kier molecular flexibility index (Phi) is 2.34. The summed E-state index contributed by atoms with van der Waals surface area (Å²) in [6.45, 7) is 0. The lowest BCUT2D eigenvalue weighted by Gasteiger charge is -2.04. The average Bonchev–Trinajstić information content (AvgIpc) is 2.36. The summed E-state index contributed by atoms with van der Waals surface area (Å²) >= 11 is 0. The van der Waals surface area contributed by atoms with Crippen LogP contribution in [0.15, 0.2) is 42.5 Å². The van der Waals surface area contributed by atoms with Crippen molar-refractivity contribution in [2.45, 2.75) is 0 Å². The molecule has 0 aliphatic carbocycles. The van der Waals surface area contributed by atoms with Crippen LogP contribution in [0.5, 0.6) is 0 Å². The standard InChI is InChI=1S/C14H11N3O/c15-11-3-1-9-5-10-2-4-12(16-8-18)7-14(10)17-13(9)6-11/h1-8H,15H2,(H,16,18). The molecule has 0 saturated heterocycles. The molecule has 0 aliphatic rings. The average molecular weight is 237 g/mol. The fourth-order valence-corrected chi connectivity index (χ4v) is 2.00. The Bertz CT molecular complexity index is 752. The number of nitrogens with two attached hydrogens (primary N) is 1. The van der Waals surface area contributed by atoms with E-state index in [4.69, 9.17) is 5.73 Å². The molecule has 4 nitrogen and oxygen atoms in total. The van der Waals surface area contributed by atoms with Gasteiger partial charge in [0, 0.05) is 22.1 Å². The van der Waals surface area contributed by atoms with Crippen LogP contribution in [-0.4, -0.2) is 11.4 Å². The number of anilines is 2. The van der Waals surface area contributed by atoms with Crippen LogP contribution >= 0.6 is 0 Å². The molecule has 3 rings (SSSR count). The van der Waals surface area contributed by atoms with Gasteiger partial charge in [0.1, 0.15) is 0 Å². The highest BCUT2D eigenvalue weighted by atomic mass is 16.1. The molecule has 3 aromatic rings. The molecule has 0 spiro atoms. The molecule has 1 aromatic heterocycles. The highest BCUT2D eigenvalue weighted by molar-refractivity contribution is 5.95. The van der Waals surface area contributed by atoms with Crippen LogP contribution in [0.1, 0.15) is 0 Å². The summed E-state index contributed by atoms with van der Waals surface area (Å²) in [6.07, 6.45) is 0.653. The molecular formula is C14H11N3O. The molecule has 1 amide bonds. The minimum Gasteiger partial charge on any atom is -0.399 e. The van der Waals surface area contributed by atoms with Crippen LogP contribution in [0.3, 0.4) is 0 Å². The summed E-state index contributed by atoms with van der Waals surface area (Å²) < 4.78 is 0. The third kappa shape index (κ3) is 1.73. The van der Waals surface area contributed by atoms with E-state index < -0.39 is 0 Å². The summed E-state index contributed by atoms with van der Waals surface area (Å²) in [5, 5.41) is 4.69. The lowest BCUT2D eigenvalue weighted by Crippen LogP contribution is -1.93. The molecule has 1 heterocycles. The number of hydrogen-bond acceptors (Lipinski definition) is 3. The molecule has 4 heteroatoms. The molecule has 2 aromatic carbocycles. The minimum atomic E-state index is 0.653. The van der Waals surface area contributed by atoms with Gasteiger partial charge in [0.05, 0.1) is 11.0 Å². The first-order chi connectivity index (χ1) is 8.76. The molecule has 0 atom stereocenters. The van der Waals surface area contributed by atoms with Crippen molar-refractivity contribution in [2.75, 3.05) is 11.1 Å². The van der Waals surface area contributed by atoms with Crippen molar-refractivity contribution in [3.05, 3.63) is 42.5 Å². The topological polar surface area (TPSA) is 68.0 Å². The predicted octanol–water partition coefficient (Wildman–Crippen LogP) is 2.54. The highest BCUT2D eigenvalue weighted by Crippen LogP contribution is 2.23. The second-order valence-electron chi connectivity index (χ2n) is 4.11. The number of benzene rings is 2. The van der Waals surface area contributed by atoms with Crippen LogP contribution in [0, 0.1) is 0 Å². The van der Waals surface area contributed by atoms with Crippen LogP contribution in [0.4, 0.5) is 11.4 Å². The summed E-state index contributed by atoms with van der Waals surface area (Å²) in [4.78, 5) is 15.0. The van der Waals surface area contributed by atoms with E-state index in [0.717, 1.165) is 27.5 Å². The second-order valence-corrected chi connectivity index (χ2v) is 4.11. The van der Waals surface area contributed by atoms with Gasteiger partial charge in [-0.15, -0.1) is 0 Å². The highest BCUT2D eigenvalue weighted by Gasteiger charge is 2.01. The normalized spacial score (nSPS) is 10.7. The number of nitrogens with one attached hydrogen (secondary N) is 1. The zero-order chi connectivity index (χ0) is 12.5. The van der Waals surface area contributed by atoms with Gasteiger partial charge in [-0.25, -0.2) is 4.98 Å². The zero-order valence-electron chi connectivity index (χ0n) is 9.55. The summed E-state index contributed by atoms with van der Waals surface area (Å²) in [5.74, 6) is 0. The van der Waals surface area contributed by atoms with Crippen LogP contribution in [0.2, 0.25) is 0 Å². The SMILES string of the molecule is Nc1ccc2cc3ccc(NC=O)cc3nc2c1. The van der Waals surface area contributed by atoms with Gasteiger partial charge in [0.15, 0.2) is 0 Å². The second kappa shape index (κ2) is 4.00. The van der Waals surface area contributed by atoms with Crippen LogP contribution in [0.25, 0.3) is 21.8 Å². The Balaban J connectivity index is 2.28. The van der Waals surface area contributed by atoms with Crippen molar-refractivity contribution in [3.8, 4) is 0 Å². The van der Waals surface area contributed by atoms with E-state index in [0.29, 0.717) is 12.1 Å². The molecule has 0 aliphatic heterocycles. The number of rotatable bonds is 2. The monoisotopic (exact) mass is 237 g/mol. The number of aromatic nitrogens is 1. The van der Waals surface area contributed by atoms with E-state index in [9.17, 15) is 4.79 Å². The lowest BCUT2D eigenvalue weighted by molar-refractivity contribution is -0.105. The maximum atomic E-state index is 10.4. The van der Waals surface area contributed by atoms with Crippen molar-refractivity contribution < 1.29 is 4.79 Å². The van der Waals surface area contributed by atoms with Crippen molar-refractivity contribution in [1.29, 1.82) is 0 Å². The van der Waals surface area contributed by atoms with Gasteiger partial charge >= 0.3 is 0 Å². The zero-order valence-corrected chi connectivity index (χ0v) is 9.55. The van der Waals surface area contributed by atoms with Crippen LogP contribution < -0.4 is 11.1 Å². The lowest BCUT2D eigenvalue weighted by atomic mass is 10.1. The molecule has 18 heavy (non-hydrogen) atoms. The third-order valence-electron chi connectivity index (χ3n) is 2.86. The van der Waals surface area contributed by atoms with E-state index in [-0.39, 0.29) is 0 Å². The number of pyridine rings is 1. The Morgan fingerprint density at radius 2 is 1.72 bits per heavy atom. The van der Waals surface area contributed by atoms with E-state index >= 15 is 0 Å². The molecule has 0 bridgehead atoms. The Morgan fingerprint density at radius 1 is 1.00 bits per heavy atom. The molecular weight excluding hydrogens is 226 g/mol. The van der Waals surface area contributed by atoms with Crippen molar-refractivity contribution in [3.63, 3.8) is 0 Å². The van der Waals surface area contributed by atoms with Crippen molar-refractivity contribution >= 4 is 39.6 Å². The molecule has 0 fully saturated rings. The Labute approximate surface area is 103 Å². The molecule has 3 N–H and O–H groups in total. The Hall–Kier alpha value is -2.62. The number of fused-ring (bicyclic) bond motifs is 2. The van der Waals surface area contributed by atoms with E-state index in [1.807, 2.05) is 36.4 Å². The molecule has 0 radical (unpaired) electrons. The number of carbonyl (C=O) groups excluding carboxylic acids is 1. The molecule has 0 saturated carbocycles. The van der Waals surface area contributed by atoms with Gasteiger partial charge in [0.2, 0.25) is 6.41 Å². The fraction of sp³-hybridized carbons (Fsp3) is 0. The fourth-order valence-electron chi connectivity index (χ4n) is 2.00. The molecule has 0 unspecified atom stereocenters. The van der Waals surface area contributed by atoms with E-state index in [1.165, 1.54) is 0 Å². The van der Waals surface area contributed by atoms with Gasteiger partial charge < -0.3 is 11.1 Å². The van der Waals surface area contributed by atoms with Gasteiger partial charge in [-0.05, 0) is 30.3 Å². The maximum absolute atomic E-state index is 10.4. The maximum Gasteiger partial charge on any atom is 0.211 e. The van der Waals surface area contributed by atoms with Gasteiger partial charge in [-0.3, -0.25) is 4.79 Å². The third-order valence-corrected chi connectivity index (χ3v) is 2.86. The van der Waals surface area contributed by atoms with Crippen molar-refractivity contribution in [1.82, 2.24) is 4.98 Å². The first kappa shape index (κ1) is 10.5. The van der Waals surface area contributed by atoms with Crippen molar-refractivity contribution in [2.24, 2.45) is 0 Å². The van der Waals surface area contributed by atoms with E-state index in [2.05, 4.69) is 16.4 Å². The van der Waals surface area contributed by atoms with Gasteiger partial charge in [0.25, 0.3) is 0 Å². The predicted molar refractivity (Wildman–Crippen MR) is 73.3 cm³/mol.